The molecule has 4 rings (SSSR count). The maximum atomic E-state index is 11.4. The summed E-state index contributed by atoms with van der Waals surface area (Å²) in [5.74, 6) is 0.00154. The van der Waals surface area contributed by atoms with E-state index < -0.39 is 0 Å². The molecular weight excluding hydrogens is 288 g/mol. The van der Waals surface area contributed by atoms with E-state index in [1.165, 1.54) is 24.2 Å². The van der Waals surface area contributed by atoms with Crippen molar-refractivity contribution in [3.8, 4) is 5.69 Å². The molecule has 1 aliphatic heterocycles. The molecule has 0 spiro atoms. The molecule has 0 saturated heterocycles. The first-order chi connectivity index (χ1) is 11.3. The summed E-state index contributed by atoms with van der Waals surface area (Å²) < 4.78 is 2.20. The first-order valence-corrected chi connectivity index (χ1v) is 8.32. The van der Waals surface area contributed by atoms with Gasteiger partial charge in [0.2, 0.25) is 5.91 Å². The smallest absolute Gasteiger partial charge is 0.240 e. The minimum absolute atomic E-state index is 0.00154. The van der Waals surface area contributed by atoms with Gasteiger partial charge in [-0.1, -0.05) is 12.1 Å². The van der Waals surface area contributed by atoms with Crippen LogP contribution in [0.15, 0.2) is 35.7 Å². The largest absolute Gasteiger partial charge is 0.303 e. The van der Waals surface area contributed by atoms with Crippen LogP contribution in [0.1, 0.15) is 49.1 Å². The maximum absolute atomic E-state index is 11.4. The molecule has 0 fully saturated rings. The Hall–Kier alpha value is -2.43. The minimum atomic E-state index is 0.00154. The van der Waals surface area contributed by atoms with Gasteiger partial charge in [0.25, 0.3) is 0 Å². The molecule has 23 heavy (non-hydrogen) atoms. The van der Waals surface area contributed by atoms with Crippen LogP contribution in [0.5, 0.6) is 0 Å². The maximum Gasteiger partial charge on any atom is 0.240 e. The number of hydrazone groups is 1. The topological polar surface area (TPSA) is 59.3 Å². The van der Waals surface area contributed by atoms with E-state index in [-0.39, 0.29) is 5.91 Å². The normalized spacial score (nSPS) is 17.9. The number of aromatic nitrogens is 2. The number of benzene rings is 1. The fraction of sp³-hybridized carbons (Fsp3) is 0.389. The van der Waals surface area contributed by atoms with E-state index in [0.717, 1.165) is 42.6 Å². The van der Waals surface area contributed by atoms with E-state index in [0.29, 0.717) is 6.42 Å². The Labute approximate surface area is 135 Å². The quantitative estimate of drug-likeness (QED) is 0.927. The van der Waals surface area contributed by atoms with Crippen LogP contribution >= 0.6 is 0 Å². The molecular formula is C18H20N4O. The van der Waals surface area contributed by atoms with Crippen molar-refractivity contribution in [1.29, 1.82) is 0 Å². The van der Waals surface area contributed by atoms with Gasteiger partial charge in [0.15, 0.2) is 0 Å². The number of nitrogens with zero attached hydrogens (tertiary/aromatic N) is 3. The van der Waals surface area contributed by atoms with Crippen molar-refractivity contribution in [2.75, 3.05) is 0 Å². The molecule has 5 heteroatoms. The van der Waals surface area contributed by atoms with Gasteiger partial charge in [-0.3, -0.25) is 4.79 Å². The van der Waals surface area contributed by atoms with Crippen molar-refractivity contribution in [2.45, 2.75) is 44.9 Å². The van der Waals surface area contributed by atoms with Crippen molar-refractivity contribution < 1.29 is 4.79 Å². The van der Waals surface area contributed by atoms with Gasteiger partial charge >= 0.3 is 0 Å². The Morgan fingerprint density at radius 1 is 0.957 bits per heavy atom. The Balaban J connectivity index is 1.61. The third-order valence-corrected chi connectivity index (χ3v) is 4.64. The van der Waals surface area contributed by atoms with Crippen molar-refractivity contribution >= 4 is 11.6 Å². The van der Waals surface area contributed by atoms with Crippen LogP contribution in [0.25, 0.3) is 5.69 Å². The summed E-state index contributed by atoms with van der Waals surface area (Å²) in [6, 6.07) is 8.39. The average molecular weight is 308 g/mol. The number of carbonyl (C=O) groups excluding carboxylic acids is 1. The van der Waals surface area contributed by atoms with Crippen LogP contribution in [0, 0.1) is 0 Å². The summed E-state index contributed by atoms with van der Waals surface area (Å²) in [5.41, 5.74) is 8.38. The highest BCUT2D eigenvalue weighted by Gasteiger charge is 2.16. The summed E-state index contributed by atoms with van der Waals surface area (Å²) in [4.78, 5) is 15.9. The lowest BCUT2D eigenvalue weighted by Gasteiger charge is -2.14. The number of carbonyl (C=O) groups is 1. The molecule has 1 aromatic carbocycles. The van der Waals surface area contributed by atoms with E-state index in [4.69, 9.17) is 0 Å². The van der Waals surface area contributed by atoms with Crippen molar-refractivity contribution in [1.82, 2.24) is 15.0 Å². The molecule has 0 bridgehead atoms. The molecule has 1 N–H and O–H groups in total. The summed E-state index contributed by atoms with van der Waals surface area (Å²) >= 11 is 0. The highest BCUT2D eigenvalue weighted by molar-refractivity contribution is 6.02. The van der Waals surface area contributed by atoms with E-state index >= 15 is 0 Å². The fourth-order valence-corrected chi connectivity index (χ4v) is 3.37. The molecule has 0 unspecified atom stereocenters. The minimum Gasteiger partial charge on any atom is -0.303 e. The highest BCUT2D eigenvalue weighted by atomic mass is 16.2. The zero-order valence-corrected chi connectivity index (χ0v) is 13.1. The molecule has 5 nitrogen and oxygen atoms in total. The van der Waals surface area contributed by atoms with Gasteiger partial charge in [-0.2, -0.15) is 5.10 Å². The molecule has 0 atom stereocenters. The predicted molar refractivity (Wildman–Crippen MR) is 88.7 cm³/mol. The number of imidazole rings is 1. The molecule has 2 aliphatic rings. The van der Waals surface area contributed by atoms with Crippen LogP contribution < -0.4 is 5.43 Å². The first-order valence-electron chi connectivity index (χ1n) is 8.32. The number of rotatable bonds is 2. The number of nitrogens with one attached hydrogen (secondary N) is 1. The van der Waals surface area contributed by atoms with Crippen LogP contribution in [-0.2, 0) is 17.6 Å². The molecule has 1 aliphatic carbocycles. The van der Waals surface area contributed by atoms with Gasteiger partial charge in [0.05, 0.1) is 17.7 Å². The zero-order valence-electron chi connectivity index (χ0n) is 13.1. The van der Waals surface area contributed by atoms with Crippen molar-refractivity contribution in [3.63, 3.8) is 0 Å². The third kappa shape index (κ3) is 2.79. The first kappa shape index (κ1) is 14.2. The Bertz CT molecular complexity index is 758. The molecule has 0 radical (unpaired) electrons. The number of hydrogen-bond acceptors (Lipinski definition) is 3. The molecule has 118 valence electrons. The Morgan fingerprint density at radius 2 is 1.78 bits per heavy atom. The molecule has 2 aromatic rings. The number of amides is 1. The lowest BCUT2D eigenvalue weighted by Crippen LogP contribution is -2.15. The van der Waals surface area contributed by atoms with E-state index in [1.54, 1.807) is 0 Å². The van der Waals surface area contributed by atoms with Gasteiger partial charge in [-0.05, 0) is 56.2 Å². The van der Waals surface area contributed by atoms with Gasteiger partial charge in [-0.25, -0.2) is 10.4 Å². The second-order valence-electron chi connectivity index (χ2n) is 6.21. The van der Waals surface area contributed by atoms with Crippen LogP contribution in [0.3, 0.4) is 0 Å². The Kier molecular flexibility index (Phi) is 3.69. The Morgan fingerprint density at radius 3 is 2.65 bits per heavy atom. The second kappa shape index (κ2) is 5.99. The summed E-state index contributed by atoms with van der Waals surface area (Å²) in [7, 11) is 0. The molecule has 0 saturated carbocycles. The fourth-order valence-electron chi connectivity index (χ4n) is 3.37. The summed E-state index contributed by atoms with van der Waals surface area (Å²) in [5, 5.41) is 4.24. The number of fused-ring (bicyclic) bond motifs is 1. The van der Waals surface area contributed by atoms with Gasteiger partial charge in [-0.15, -0.1) is 0 Å². The van der Waals surface area contributed by atoms with E-state index in [9.17, 15) is 4.79 Å². The third-order valence-electron chi connectivity index (χ3n) is 4.64. The SMILES string of the molecule is O=C1CCCC(c2ccc(-n3cnc4c3CCCC4)cc2)=NN1. The predicted octanol–water partition coefficient (Wildman–Crippen LogP) is 2.76. The molecule has 1 aromatic heterocycles. The summed E-state index contributed by atoms with van der Waals surface area (Å²) in [6.07, 6.45) is 8.86. The number of hydrogen-bond donors (Lipinski definition) is 1. The van der Waals surface area contributed by atoms with E-state index in [2.05, 4.69) is 44.3 Å². The monoisotopic (exact) mass is 308 g/mol. The van der Waals surface area contributed by atoms with Crippen molar-refractivity contribution in [3.05, 3.63) is 47.5 Å². The molecule has 2 heterocycles. The van der Waals surface area contributed by atoms with Gasteiger partial charge in [0, 0.05) is 17.8 Å². The zero-order chi connectivity index (χ0) is 15.6. The number of aryl methyl sites for hydroxylation is 1. The van der Waals surface area contributed by atoms with Crippen molar-refractivity contribution in [2.24, 2.45) is 5.10 Å². The van der Waals surface area contributed by atoms with E-state index in [1.807, 2.05) is 6.33 Å². The van der Waals surface area contributed by atoms with Gasteiger partial charge in [0.1, 0.15) is 0 Å². The lowest BCUT2D eigenvalue weighted by molar-refractivity contribution is -0.120. The van der Waals surface area contributed by atoms with Crippen LogP contribution in [0.2, 0.25) is 0 Å². The van der Waals surface area contributed by atoms with Crippen LogP contribution in [-0.4, -0.2) is 21.2 Å². The lowest BCUT2D eigenvalue weighted by atomic mass is 10.0. The van der Waals surface area contributed by atoms with Crippen LogP contribution in [0.4, 0.5) is 0 Å². The standard InChI is InChI=1S/C18H20N4O/c23-18-7-3-5-15(20-21-18)13-8-10-14(11-9-13)22-12-19-16-4-1-2-6-17(16)22/h8-12H,1-7H2,(H,21,23). The molecule has 1 amide bonds. The average Bonchev–Trinajstić information content (AvgIpc) is 2.90. The summed E-state index contributed by atoms with van der Waals surface area (Å²) in [6.45, 7) is 0. The van der Waals surface area contributed by atoms with Gasteiger partial charge < -0.3 is 4.57 Å². The second-order valence-corrected chi connectivity index (χ2v) is 6.21. The highest BCUT2D eigenvalue weighted by Crippen LogP contribution is 2.23.